The SMILES string of the molecule is COc1cc(NC(=O)C(C)Sc2cccc(NC(=O)/C(=C/c3ccccc3C)NC(=O)c3ccccc3)c2)cc(OC)c1. The van der Waals surface area contributed by atoms with Crippen molar-refractivity contribution < 1.29 is 23.9 Å². The van der Waals surface area contributed by atoms with Gasteiger partial charge in [-0.3, -0.25) is 14.4 Å². The number of aryl methyl sites for hydroxylation is 1. The predicted molar refractivity (Wildman–Crippen MR) is 172 cm³/mol. The number of thioether (sulfide) groups is 1. The minimum absolute atomic E-state index is 0.0997. The standard InChI is InChI=1S/C34H33N3O5S/c1-22-11-8-9-14-25(22)17-31(37-33(39)24-12-6-5-7-13-24)34(40)35-26-15-10-16-30(20-26)43-23(2)32(38)36-27-18-28(41-3)21-29(19-27)42-4/h5-21,23H,1-4H3,(H,35,40)(H,36,38)(H,37,39)/b31-17-. The van der Waals surface area contributed by atoms with Crippen molar-refractivity contribution in [1.29, 1.82) is 0 Å². The van der Waals surface area contributed by atoms with E-state index in [0.717, 1.165) is 16.0 Å². The van der Waals surface area contributed by atoms with Crippen molar-refractivity contribution in [2.24, 2.45) is 0 Å². The molecule has 0 aliphatic carbocycles. The Morgan fingerprint density at radius 3 is 2.12 bits per heavy atom. The van der Waals surface area contributed by atoms with Crippen LogP contribution in [0.5, 0.6) is 11.5 Å². The summed E-state index contributed by atoms with van der Waals surface area (Å²) in [6.45, 7) is 3.73. The Balaban J connectivity index is 1.48. The Labute approximate surface area is 255 Å². The minimum atomic E-state index is -0.479. The molecule has 4 aromatic carbocycles. The second-order valence-electron chi connectivity index (χ2n) is 9.57. The average molecular weight is 596 g/mol. The highest BCUT2D eigenvalue weighted by Gasteiger charge is 2.18. The van der Waals surface area contributed by atoms with Gasteiger partial charge in [0.25, 0.3) is 11.8 Å². The lowest BCUT2D eigenvalue weighted by Crippen LogP contribution is -2.30. The third kappa shape index (κ3) is 8.73. The van der Waals surface area contributed by atoms with E-state index in [9.17, 15) is 14.4 Å². The van der Waals surface area contributed by atoms with Gasteiger partial charge in [-0.1, -0.05) is 48.5 Å². The predicted octanol–water partition coefficient (Wildman–Crippen LogP) is 6.54. The van der Waals surface area contributed by atoms with Gasteiger partial charge >= 0.3 is 0 Å². The maximum absolute atomic E-state index is 13.5. The smallest absolute Gasteiger partial charge is 0.272 e. The van der Waals surface area contributed by atoms with E-state index in [-0.39, 0.29) is 11.6 Å². The molecule has 0 spiro atoms. The molecule has 0 saturated carbocycles. The van der Waals surface area contributed by atoms with Crippen LogP contribution in [-0.4, -0.2) is 37.2 Å². The van der Waals surface area contributed by atoms with Gasteiger partial charge in [0.05, 0.1) is 19.5 Å². The molecule has 4 rings (SSSR count). The zero-order valence-electron chi connectivity index (χ0n) is 24.3. The zero-order chi connectivity index (χ0) is 30.8. The van der Waals surface area contributed by atoms with Crippen LogP contribution in [0.15, 0.2) is 108 Å². The summed E-state index contributed by atoms with van der Waals surface area (Å²) in [6.07, 6.45) is 1.66. The zero-order valence-corrected chi connectivity index (χ0v) is 25.2. The Morgan fingerprint density at radius 1 is 0.767 bits per heavy atom. The van der Waals surface area contributed by atoms with Crippen LogP contribution in [0.25, 0.3) is 6.08 Å². The van der Waals surface area contributed by atoms with Gasteiger partial charge in [-0.15, -0.1) is 11.8 Å². The van der Waals surface area contributed by atoms with Gasteiger partial charge in [0.1, 0.15) is 17.2 Å². The molecule has 0 radical (unpaired) electrons. The van der Waals surface area contributed by atoms with Crippen molar-refractivity contribution in [3.05, 3.63) is 119 Å². The summed E-state index contributed by atoms with van der Waals surface area (Å²) in [5.74, 6) is 0.0473. The lowest BCUT2D eigenvalue weighted by Gasteiger charge is -2.15. The van der Waals surface area contributed by atoms with Crippen molar-refractivity contribution in [3.63, 3.8) is 0 Å². The fourth-order valence-electron chi connectivity index (χ4n) is 4.07. The van der Waals surface area contributed by atoms with Crippen LogP contribution in [0.1, 0.15) is 28.4 Å². The second kappa shape index (κ2) is 14.7. The van der Waals surface area contributed by atoms with Gasteiger partial charge in [0, 0.05) is 40.0 Å². The summed E-state index contributed by atoms with van der Waals surface area (Å²) in [4.78, 5) is 40.1. The monoisotopic (exact) mass is 595 g/mol. The number of nitrogens with one attached hydrogen (secondary N) is 3. The molecule has 1 unspecified atom stereocenters. The molecule has 3 N–H and O–H groups in total. The number of hydrogen-bond acceptors (Lipinski definition) is 6. The molecule has 43 heavy (non-hydrogen) atoms. The van der Waals surface area contributed by atoms with E-state index in [4.69, 9.17) is 9.47 Å². The maximum Gasteiger partial charge on any atom is 0.272 e. The number of methoxy groups -OCH3 is 2. The molecule has 0 aliphatic heterocycles. The first-order valence-electron chi connectivity index (χ1n) is 13.5. The highest BCUT2D eigenvalue weighted by molar-refractivity contribution is 8.00. The fourth-order valence-corrected chi connectivity index (χ4v) is 5.00. The molecule has 0 saturated heterocycles. The van der Waals surface area contributed by atoms with Crippen molar-refractivity contribution in [1.82, 2.24) is 5.32 Å². The minimum Gasteiger partial charge on any atom is -0.497 e. The first kappa shape index (κ1) is 30.9. The molecular weight excluding hydrogens is 562 g/mol. The summed E-state index contributed by atoms with van der Waals surface area (Å²) in [5.41, 5.74) is 3.37. The molecule has 1 atom stereocenters. The van der Waals surface area contributed by atoms with E-state index in [1.165, 1.54) is 11.8 Å². The number of hydrogen-bond donors (Lipinski definition) is 3. The topological polar surface area (TPSA) is 106 Å². The molecule has 0 aromatic heterocycles. The molecule has 3 amide bonds. The summed E-state index contributed by atoms with van der Waals surface area (Å²) in [6, 6.07) is 28.6. The molecule has 9 heteroatoms. The van der Waals surface area contributed by atoms with Crippen LogP contribution in [-0.2, 0) is 9.59 Å². The van der Waals surface area contributed by atoms with E-state index in [1.54, 1.807) is 87.9 Å². The number of carbonyl (C=O) groups excluding carboxylic acids is 3. The van der Waals surface area contributed by atoms with Crippen LogP contribution in [0.3, 0.4) is 0 Å². The van der Waals surface area contributed by atoms with Crippen molar-refractivity contribution in [2.75, 3.05) is 24.9 Å². The molecule has 4 aromatic rings. The Kier molecular flexibility index (Phi) is 10.6. The average Bonchev–Trinajstić information content (AvgIpc) is 3.02. The van der Waals surface area contributed by atoms with Crippen LogP contribution < -0.4 is 25.4 Å². The van der Waals surface area contributed by atoms with Crippen molar-refractivity contribution >= 4 is 46.9 Å². The summed E-state index contributed by atoms with van der Waals surface area (Å²) in [5, 5.41) is 8.09. The van der Waals surface area contributed by atoms with E-state index < -0.39 is 17.1 Å². The normalized spacial score (nSPS) is 11.7. The van der Waals surface area contributed by atoms with Gasteiger partial charge in [-0.05, 0) is 61.4 Å². The molecule has 0 fully saturated rings. The highest BCUT2D eigenvalue weighted by Crippen LogP contribution is 2.29. The molecule has 0 heterocycles. The van der Waals surface area contributed by atoms with Crippen molar-refractivity contribution in [2.45, 2.75) is 24.0 Å². The largest absolute Gasteiger partial charge is 0.497 e. The second-order valence-corrected chi connectivity index (χ2v) is 11.0. The van der Waals surface area contributed by atoms with Crippen LogP contribution in [0.4, 0.5) is 11.4 Å². The number of amides is 3. The van der Waals surface area contributed by atoms with Gasteiger partial charge in [-0.2, -0.15) is 0 Å². The third-order valence-corrected chi connectivity index (χ3v) is 7.50. The summed E-state index contributed by atoms with van der Waals surface area (Å²) in [7, 11) is 3.09. The van der Waals surface area contributed by atoms with Crippen LogP contribution in [0, 0.1) is 6.92 Å². The number of ether oxygens (including phenoxy) is 2. The van der Waals surface area contributed by atoms with Crippen LogP contribution >= 0.6 is 11.8 Å². The Hall–Kier alpha value is -5.02. The Morgan fingerprint density at radius 2 is 1.44 bits per heavy atom. The number of benzene rings is 4. The first-order chi connectivity index (χ1) is 20.7. The molecule has 220 valence electrons. The number of anilines is 2. The van der Waals surface area contributed by atoms with E-state index in [1.807, 2.05) is 43.3 Å². The molecule has 0 bridgehead atoms. The van der Waals surface area contributed by atoms with E-state index >= 15 is 0 Å². The van der Waals surface area contributed by atoms with Crippen molar-refractivity contribution in [3.8, 4) is 11.5 Å². The van der Waals surface area contributed by atoms with E-state index in [0.29, 0.717) is 28.4 Å². The van der Waals surface area contributed by atoms with Gasteiger partial charge < -0.3 is 25.4 Å². The Bertz CT molecular complexity index is 1620. The number of rotatable bonds is 11. The highest BCUT2D eigenvalue weighted by atomic mass is 32.2. The molecule has 0 aliphatic rings. The first-order valence-corrected chi connectivity index (χ1v) is 14.4. The van der Waals surface area contributed by atoms with Gasteiger partial charge in [0.2, 0.25) is 5.91 Å². The lowest BCUT2D eigenvalue weighted by atomic mass is 10.1. The third-order valence-electron chi connectivity index (χ3n) is 6.41. The molecular formula is C34H33N3O5S. The summed E-state index contributed by atoms with van der Waals surface area (Å²) < 4.78 is 10.6. The fraction of sp³-hybridized carbons (Fsp3) is 0.147. The molecule has 8 nitrogen and oxygen atoms in total. The van der Waals surface area contributed by atoms with Gasteiger partial charge in [-0.25, -0.2) is 0 Å². The maximum atomic E-state index is 13.5. The quantitative estimate of drug-likeness (QED) is 0.134. The number of carbonyl (C=O) groups is 3. The van der Waals surface area contributed by atoms with Gasteiger partial charge in [0.15, 0.2) is 0 Å². The van der Waals surface area contributed by atoms with E-state index in [2.05, 4.69) is 16.0 Å². The lowest BCUT2D eigenvalue weighted by molar-refractivity contribution is -0.115. The van der Waals surface area contributed by atoms with Crippen LogP contribution in [0.2, 0.25) is 0 Å². The summed E-state index contributed by atoms with van der Waals surface area (Å²) >= 11 is 1.34.